The second-order valence-corrected chi connectivity index (χ2v) is 4.18. The van der Waals surface area contributed by atoms with Gasteiger partial charge in [0.05, 0.1) is 0 Å². The minimum atomic E-state index is -0.872. The van der Waals surface area contributed by atoms with Crippen LogP contribution in [0.3, 0.4) is 0 Å². The van der Waals surface area contributed by atoms with Crippen molar-refractivity contribution in [3.05, 3.63) is 18.0 Å². The van der Waals surface area contributed by atoms with E-state index in [4.69, 9.17) is 5.11 Å². The molecule has 0 saturated heterocycles. The highest BCUT2D eigenvalue weighted by Crippen LogP contribution is 2.39. The first-order valence-electron chi connectivity index (χ1n) is 5.38. The lowest BCUT2D eigenvalue weighted by Crippen LogP contribution is -2.37. The van der Waals surface area contributed by atoms with Crippen molar-refractivity contribution >= 4 is 11.9 Å². The SMILES string of the molecule is CC(C(=O)O)N(C)c1nccc(C2CC2)n1. The summed E-state index contributed by atoms with van der Waals surface area (Å²) in [5.41, 5.74) is 1.02. The van der Waals surface area contributed by atoms with Crippen molar-refractivity contribution in [1.82, 2.24) is 9.97 Å². The first-order valence-corrected chi connectivity index (χ1v) is 5.38. The van der Waals surface area contributed by atoms with Crippen molar-refractivity contribution in [3.8, 4) is 0 Å². The third-order valence-electron chi connectivity index (χ3n) is 2.91. The van der Waals surface area contributed by atoms with Crippen LogP contribution in [-0.4, -0.2) is 34.1 Å². The van der Waals surface area contributed by atoms with Gasteiger partial charge in [-0.15, -0.1) is 0 Å². The van der Waals surface area contributed by atoms with Crippen molar-refractivity contribution in [1.29, 1.82) is 0 Å². The summed E-state index contributed by atoms with van der Waals surface area (Å²) in [6.45, 7) is 1.62. The lowest BCUT2D eigenvalue weighted by molar-refractivity contribution is -0.138. The van der Waals surface area contributed by atoms with E-state index in [-0.39, 0.29) is 0 Å². The fourth-order valence-corrected chi connectivity index (χ4v) is 1.48. The number of rotatable bonds is 4. The molecule has 0 bridgehead atoms. The number of hydrogen-bond donors (Lipinski definition) is 1. The van der Waals surface area contributed by atoms with Gasteiger partial charge in [0, 0.05) is 24.9 Å². The Hall–Kier alpha value is -1.65. The molecule has 5 nitrogen and oxygen atoms in total. The Morgan fingerprint density at radius 3 is 2.88 bits per heavy atom. The Labute approximate surface area is 94.1 Å². The van der Waals surface area contributed by atoms with Crippen molar-refractivity contribution < 1.29 is 9.90 Å². The molecule has 1 unspecified atom stereocenters. The van der Waals surface area contributed by atoms with Crippen LogP contribution in [-0.2, 0) is 4.79 Å². The quantitative estimate of drug-likeness (QED) is 0.829. The molecule has 5 heteroatoms. The van der Waals surface area contributed by atoms with E-state index in [0.717, 1.165) is 5.69 Å². The van der Waals surface area contributed by atoms with Gasteiger partial charge in [0.15, 0.2) is 0 Å². The van der Waals surface area contributed by atoms with Crippen molar-refractivity contribution in [2.45, 2.75) is 31.7 Å². The van der Waals surface area contributed by atoms with Crippen LogP contribution in [0.1, 0.15) is 31.4 Å². The molecule has 1 aromatic heterocycles. The molecule has 1 N–H and O–H groups in total. The van der Waals surface area contributed by atoms with E-state index < -0.39 is 12.0 Å². The van der Waals surface area contributed by atoms with Gasteiger partial charge >= 0.3 is 5.97 Å². The van der Waals surface area contributed by atoms with Crippen LogP contribution in [0, 0.1) is 0 Å². The van der Waals surface area contributed by atoms with E-state index in [2.05, 4.69) is 9.97 Å². The van der Waals surface area contributed by atoms with E-state index in [1.165, 1.54) is 12.8 Å². The molecule has 16 heavy (non-hydrogen) atoms. The lowest BCUT2D eigenvalue weighted by Gasteiger charge is -2.21. The number of anilines is 1. The molecule has 0 aliphatic heterocycles. The van der Waals surface area contributed by atoms with Gasteiger partial charge in [0.1, 0.15) is 6.04 Å². The normalized spacial score (nSPS) is 16.9. The van der Waals surface area contributed by atoms with Gasteiger partial charge in [-0.2, -0.15) is 0 Å². The molecular weight excluding hydrogens is 206 g/mol. The minimum Gasteiger partial charge on any atom is -0.480 e. The van der Waals surface area contributed by atoms with Crippen LogP contribution in [0.5, 0.6) is 0 Å². The number of carboxylic acid groups (broad SMARTS) is 1. The van der Waals surface area contributed by atoms with Crippen LogP contribution in [0.4, 0.5) is 5.95 Å². The van der Waals surface area contributed by atoms with Gasteiger partial charge in [-0.05, 0) is 25.8 Å². The average molecular weight is 221 g/mol. The third kappa shape index (κ3) is 2.13. The predicted octanol–water partition coefficient (Wildman–Crippen LogP) is 1.26. The zero-order valence-electron chi connectivity index (χ0n) is 9.42. The largest absolute Gasteiger partial charge is 0.480 e. The van der Waals surface area contributed by atoms with E-state index in [0.29, 0.717) is 11.9 Å². The Balaban J connectivity index is 2.18. The second-order valence-electron chi connectivity index (χ2n) is 4.18. The van der Waals surface area contributed by atoms with Crippen molar-refractivity contribution in [2.24, 2.45) is 0 Å². The third-order valence-corrected chi connectivity index (χ3v) is 2.91. The monoisotopic (exact) mass is 221 g/mol. The van der Waals surface area contributed by atoms with Crippen molar-refractivity contribution in [3.63, 3.8) is 0 Å². The number of likely N-dealkylation sites (N-methyl/N-ethyl adjacent to an activating group) is 1. The molecule has 1 atom stereocenters. The molecule has 1 saturated carbocycles. The standard InChI is InChI=1S/C11H15N3O2/c1-7(10(15)16)14(2)11-12-6-5-9(13-11)8-3-4-8/h5-8H,3-4H2,1-2H3,(H,15,16). The molecule has 0 radical (unpaired) electrons. The number of carboxylic acids is 1. The first kappa shape index (κ1) is 10.9. The zero-order chi connectivity index (χ0) is 11.7. The van der Waals surface area contributed by atoms with Crippen LogP contribution in [0.2, 0.25) is 0 Å². The predicted molar refractivity (Wildman–Crippen MR) is 59.5 cm³/mol. The van der Waals surface area contributed by atoms with Gasteiger partial charge in [-0.25, -0.2) is 14.8 Å². The van der Waals surface area contributed by atoms with E-state index in [1.54, 1.807) is 25.1 Å². The van der Waals surface area contributed by atoms with Crippen LogP contribution in [0.25, 0.3) is 0 Å². The average Bonchev–Trinajstić information content (AvgIpc) is 3.11. The van der Waals surface area contributed by atoms with Crippen LogP contribution >= 0.6 is 0 Å². The molecule has 2 rings (SSSR count). The number of nitrogens with zero attached hydrogens (tertiary/aromatic N) is 3. The Morgan fingerprint density at radius 1 is 1.62 bits per heavy atom. The zero-order valence-corrected chi connectivity index (χ0v) is 9.42. The summed E-state index contributed by atoms with van der Waals surface area (Å²) in [6, 6.07) is 1.29. The fraction of sp³-hybridized carbons (Fsp3) is 0.545. The van der Waals surface area contributed by atoms with E-state index in [9.17, 15) is 4.79 Å². The molecule has 0 aromatic carbocycles. The van der Waals surface area contributed by atoms with Gasteiger partial charge in [-0.1, -0.05) is 0 Å². The Morgan fingerprint density at radius 2 is 2.31 bits per heavy atom. The summed E-state index contributed by atoms with van der Waals surface area (Å²) in [5, 5.41) is 8.91. The Kier molecular flexibility index (Phi) is 2.77. The van der Waals surface area contributed by atoms with Gasteiger partial charge in [-0.3, -0.25) is 0 Å². The van der Waals surface area contributed by atoms with Crippen LogP contribution < -0.4 is 4.90 Å². The molecular formula is C11H15N3O2. The number of aromatic nitrogens is 2. The van der Waals surface area contributed by atoms with E-state index in [1.807, 2.05) is 6.07 Å². The number of hydrogen-bond acceptors (Lipinski definition) is 4. The highest BCUT2D eigenvalue weighted by Gasteiger charge is 2.26. The first-order chi connectivity index (χ1) is 7.59. The summed E-state index contributed by atoms with van der Waals surface area (Å²) in [4.78, 5) is 20.9. The summed E-state index contributed by atoms with van der Waals surface area (Å²) in [7, 11) is 1.70. The summed E-state index contributed by atoms with van der Waals surface area (Å²) >= 11 is 0. The minimum absolute atomic E-state index is 0.485. The highest BCUT2D eigenvalue weighted by atomic mass is 16.4. The fourth-order valence-electron chi connectivity index (χ4n) is 1.48. The molecule has 1 heterocycles. The molecule has 86 valence electrons. The van der Waals surface area contributed by atoms with Gasteiger partial charge < -0.3 is 10.0 Å². The summed E-state index contributed by atoms with van der Waals surface area (Å²) in [5.74, 6) is 0.164. The topological polar surface area (TPSA) is 66.3 Å². The molecule has 0 spiro atoms. The van der Waals surface area contributed by atoms with Gasteiger partial charge in [0.2, 0.25) is 5.95 Å². The maximum atomic E-state index is 10.8. The molecule has 1 fully saturated rings. The number of aliphatic carboxylic acids is 1. The smallest absolute Gasteiger partial charge is 0.326 e. The summed E-state index contributed by atoms with van der Waals surface area (Å²) in [6.07, 6.45) is 4.05. The maximum Gasteiger partial charge on any atom is 0.326 e. The highest BCUT2D eigenvalue weighted by molar-refractivity contribution is 5.76. The summed E-state index contributed by atoms with van der Waals surface area (Å²) < 4.78 is 0. The number of carbonyl (C=O) groups is 1. The van der Waals surface area contributed by atoms with Gasteiger partial charge in [0.25, 0.3) is 0 Å². The lowest BCUT2D eigenvalue weighted by atomic mass is 10.3. The van der Waals surface area contributed by atoms with E-state index >= 15 is 0 Å². The molecule has 1 aliphatic rings. The molecule has 0 amide bonds. The Bertz CT molecular complexity index is 404. The maximum absolute atomic E-state index is 10.8. The second kappa shape index (κ2) is 4.08. The van der Waals surface area contributed by atoms with Crippen LogP contribution in [0.15, 0.2) is 12.3 Å². The molecule has 1 aliphatic carbocycles. The van der Waals surface area contributed by atoms with Crippen molar-refractivity contribution in [2.75, 3.05) is 11.9 Å². The molecule has 1 aromatic rings.